The number of hydrogen-bond donors (Lipinski definition) is 1. The van der Waals surface area contributed by atoms with Gasteiger partial charge in [-0.3, -0.25) is 14.7 Å². The van der Waals surface area contributed by atoms with E-state index in [1.807, 2.05) is 31.4 Å². The Morgan fingerprint density at radius 3 is 2.52 bits per heavy atom. The smallest absolute Gasteiger partial charge is 0.242 e. The summed E-state index contributed by atoms with van der Waals surface area (Å²) >= 11 is 0. The molecule has 1 N–H and O–H groups in total. The van der Waals surface area contributed by atoms with Crippen molar-refractivity contribution < 1.29 is 4.79 Å². The number of likely N-dealkylation sites (N-methyl/N-ethyl adjacent to an activating group) is 1. The maximum atomic E-state index is 13.1. The van der Waals surface area contributed by atoms with Crippen molar-refractivity contribution in [3.63, 3.8) is 0 Å². The number of hydrogen-bond acceptors (Lipinski definition) is 4. The summed E-state index contributed by atoms with van der Waals surface area (Å²) in [6, 6.07) is 10.7. The fraction of sp³-hybridized carbons (Fsp3) is 0.478. The highest BCUT2D eigenvalue weighted by molar-refractivity contribution is 5.85. The molecule has 0 spiro atoms. The van der Waals surface area contributed by atoms with Crippen molar-refractivity contribution in [1.29, 1.82) is 0 Å². The Kier molecular flexibility index (Phi) is 6.81. The molecule has 2 atom stereocenters. The van der Waals surface area contributed by atoms with Crippen LogP contribution in [0.5, 0.6) is 0 Å². The van der Waals surface area contributed by atoms with Gasteiger partial charge < -0.3 is 10.2 Å². The van der Waals surface area contributed by atoms with E-state index in [9.17, 15) is 4.79 Å². The molecule has 1 unspecified atom stereocenters. The van der Waals surface area contributed by atoms with Crippen molar-refractivity contribution >= 4 is 24.0 Å². The zero-order chi connectivity index (χ0) is 19.7. The van der Waals surface area contributed by atoms with E-state index in [1.54, 1.807) is 0 Å². The standard InChI is InChI=1S/C23H30N4O.ClH/c1-16-12-21(14-24-13-16)27-11-10-20(15-27)25-23(28)22(26(2)3)19-8-6-18(7-9-19)17-4-5-17;/h6-9,12-14,17,20,22H,4-5,10-11,15H2,1-3H3,(H,25,28);1H/t20-,22?;/m1./s1. The zero-order valence-electron chi connectivity index (χ0n) is 17.5. The van der Waals surface area contributed by atoms with Crippen LogP contribution in [0.1, 0.15) is 47.9 Å². The van der Waals surface area contributed by atoms with Crippen LogP contribution in [0, 0.1) is 6.92 Å². The van der Waals surface area contributed by atoms with Gasteiger partial charge in [-0.05, 0) is 69.0 Å². The number of pyridine rings is 1. The molecular formula is C23H31ClN4O. The fourth-order valence-electron chi connectivity index (χ4n) is 4.16. The highest BCUT2D eigenvalue weighted by Crippen LogP contribution is 2.40. The molecular weight excluding hydrogens is 384 g/mol. The van der Waals surface area contributed by atoms with Crippen LogP contribution in [0.25, 0.3) is 0 Å². The van der Waals surface area contributed by atoms with Crippen LogP contribution >= 0.6 is 12.4 Å². The van der Waals surface area contributed by atoms with Crippen LogP contribution in [0.2, 0.25) is 0 Å². The molecule has 1 aliphatic heterocycles. The average Bonchev–Trinajstić information content (AvgIpc) is 3.41. The molecule has 6 heteroatoms. The summed E-state index contributed by atoms with van der Waals surface area (Å²) in [5.74, 6) is 0.819. The van der Waals surface area contributed by atoms with Gasteiger partial charge in [-0.15, -0.1) is 12.4 Å². The second-order valence-corrected chi connectivity index (χ2v) is 8.47. The Bertz CT molecular complexity index is 835. The van der Waals surface area contributed by atoms with E-state index in [4.69, 9.17) is 0 Å². The molecule has 5 nitrogen and oxygen atoms in total. The number of aryl methyl sites for hydroxylation is 1. The highest BCUT2D eigenvalue weighted by atomic mass is 35.5. The fourth-order valence-corrected chi connectivity index (χ4v) is 4.16. The first-order chi connectivity index (χ1) is 13.5. The first-order valence-electron chi connectivity index (χ1n) is 10.2. The van der Waals surface area contributed by atoms with Crippen LogP contribution in [0.15, 0.2) is 42.7 Å². The SMILES string of the molecule is Cc1cncc(N2CC[C@@H](NC(=O)C(c3ccc(C4CC4)cc3)N(C)C)C2)c1.Cl. The lowest BCUT2D eigenvalue weighted by Crippen LogP contribution is -2.43. The minimum Gasteiger partial charge on any atom is -0.368 e. The number of carbonyl (C=O) groups excluding carboxylic acids is 1. The predicted octanol–water partition coefficient (Wildman–Crippen LogP) is 3.69. The lowest BCUT2D eigenvalue weighted by molar-refractivity contribution is -0.126. The van der Waals surface area contributed by atoms with Gasteiger partial charge >= 0.3 is 0 Å². The predicted molar refractivity (Wildman–Crippen MR) is 120 cm³/mol. The molecule has 2 fully saturated rings. The Labute approximate surface area is 179 Å². The van der Waals surface area contributed by atoms with Crippen LogP contribution < -0.4 is 10.2 Å². The van der Waals surface area contributed by atoms with E-state index in [0.29, 0.717) is 0 Å². The van der Waals surface area contributed by atoms with E-state index in [0.717, 1.165) is 42.2 Å². The Morgan fingerprint density at radius 2 is 1.90 bits per heavy atom. The first-order valence-corrected chi connectivity index (χ1v) is 10.2. The van der Waals surface area contributed by atoms with E-state index >= 15 is 0 Å². The van der Waals surface area contributed by atoms with Crippen molar-refractivity contribution in [3.8, 4) is 0 Å². The number of carbonyl (C=O) groups is 1. The number of nitrogens with zero attached hydrogens (tertiary/aromatic N) is 3. The van der Waals surface area contributed by atoms with E-state index in [-0.39, 0.29) is 30.4 Å². The van der Waals surface area contributed by atoms with Crippen molar-refractivity contribution in [2.75, 3.05) is 32.1 Å². The monoisotopic (exact) mass is 414 g/mol. The summed E-state index contributed by atoms with van der Waals surface area (Å²) < 4.78 is 0. The molecule has 4 rings (SSSR count). The minimum absolute atomic E-state index is 0. The number of rotatable bonds is 6. The second-order valence-electron chi connectivity index (χ2n) is 8.47. The van der Waals surface area contributed by atoms with E-state index in [1.165, 1.54) is 18.4 Å². The summed E-state index contributed by atoms with van der Waals surface area (Å²) in [6.07, 6.45) is 7.33. The maximum Gasteiger partial charge on any atom is 0.242 e. The molecule has 1 aliphatic carbocycles. The Balaban J connectivity index is 0.00000240. The summed E-state index contributed by atoms with van der Waals surface area (Å²) in [5, 5.41) is 3.28. The molecule has 29 heavy (non-hydrogen) atoms. The third-order valence-electron chi connectivity index (χ3n) is 5.83. The first kappa shape index (κ1) is 21.6. The van der Waals surface area contributed by atoms with Gasteiger partial charge in [0.1, 0.15) is 6.04 Å². The lowest BCUT2D eigenvalue weighted by atomic mass is 10.0. The highest BCUT2D eigenvalue weighted by Gasteiger charge is 2.30. The Hall–Kier alpha value is -2.11. The number of nitrogens with one attached hydrogen (secondary N) is 1. The molecule has 2 aromatic rings. The molecule has 2 aliphatic rings. The molecule has 1 aromatic heterocycles. The number of aromatic nitrogens is 1. The summed E-state index contributed by atoms with van der Waals surface area (Å²) in [4.78, 5) is 21.7. The van der Waals surface area contributed by atoms with Gasteiger partial charge in [0.2, 0.25) is 5.91 Å². The molecule has 0 radical (unpaired) electrons. The normalized spacial score (nSPS) is 19.7. The average molecular weight is 415 g/mol. The van der Waals surface area contributed by atoms with Crippen molar-refractivity contribution in [1.82, 2.24) is 15.2 Å². The second kappa shape index (κ2) is 9.14. The lowest BCUT2D eigenvalue weighted by Gasteiger charge is -2.26. The minimum atomic E-state index is -0.261. The molecule has 1 saturated heterocycles. The molecule has 0 bridgehead atoms. The van der Waals surface area contributed by atoms with Gasteiger partial charge in [0, 0.05) is 25.3 Å². The maximum absolute atomic E-state index is 13.1. The summed E-state index contributed by atoms with van der Waals surface area (Å²) in [5.41, 5.74) is 4.76. The largest absolute Gasteiger partial charge is 0.368 e. The third kappa shape index (κ3) is 5.09. The van der Waals surface area contributed by atoms with Crippen molar-refractivity contribution in [2.45, 2.75) is 44.2 Å². The van der Waals surface area contributed by atoms with Crippen LogP contribution in [0.4, 0.5) is 5.69 Å². The van der Waals surface area contributed by atoms with Gasteiger partial charge in [-0.2, -0.15) is 0 Å². The van der Waals surface area contributed by atoms with E-state index < -0.39 is 0 Å². The Morgan fingerprint density at radius 1 is 1.17 bits per heavy atom. The van der Waals surface area contributed by atoms with Crippen LogP contribution in [0.3, 0.4) is 0 Å². The molecule has 1 amide bonds. The number of amides is 1. The van der Waals surface area contributed by atoms with E-state index in [2.05, 4.69) is 52.5 Å². The van der Waals surface area contributed by atoms with Crippen molar-refractivity contribution in [2.24, 2.45) is 0 Å². The van der Waals surface area contributed by atoms with Crippen molar-refractivity contribution in [3.05, 3.63) is 59.4 Å². The summed E-state index contributed by atoms with van der Waals surface area (Å²) in [6.45, 7) is 3.83. The number of benzene rings is 1. The zero-order valence-corrected chi connectivity index (χ0v) is 18.3. The number of anilines is 1. The third-order valence-corrected chi connectivity index (χ3v) is 5.83. The topological polar surface area (TPSA) is 48.5 Å². The molecule has 2 heterocycles. The van der Waals surface area contributed by atoms with Gasteiger partial charge in [0.05, 0.1) is 11.9 Å². The van der Waals surface area contributed by atoms with Gasteiger partial charge in [-0.1, -0.05) is 24.3 Å². The van der Waals surface area contributed by atoms with Crippen LogP contribution in [-0.4, -0.2) is 49.0 Å². The van der Waals surface area contributed by atoms with Gasteiger partial charge in [0.15, 0.2) is 0 Å². The molecule has 1 aromatic carbocycles. The summed E-state index contributed by atoms with van der Waals surface area (Å²) in [7, 11) is 3.94. The quantitative estimate of drug-likeness (QED) is 0.783. The molecule has 1 saturated carbocycles. The van der Waals surface area contributed by atoms with Gasteiger partial charge in [-0.25, -0.2) is 0 Å². The van der Waals surface area contributed by atoms with Crippen LogP contribution in [-0.2, 0) is 4.79 Å². The number of halogens is 1. The molecule has 156 valence electrons. The van der Waals surface area contributed by atoms with Gasteiger partial charge in [0.25, 0.3) is 0 Å².